The molecule has 154 valence electrons. The zero-order valence-electron chi connectivity index (χ0n) is 18.1. The van der Waals surface area contributed by atoms with Gasteiger partial charge in [-0.15, -0.1) is 0 Å². The molecule has 0 aromatic heterocycles. The number of benzene rings is 5. The van der Waals surface area contributed by atoms with Crippen molar-refractivity contribution in [2.45, 2.75) is 6.92 Å². The second kappa shape index (κ2) is 8.95. The molecule has 0 bridgehead atoms. The third-order valence-electron chi connectivity index (χ3n) is 5.72. The molecule has 1 heteroatoms. The molecule has 0 heterocycles. The maximum Gasteiger partial charge on any atom is 0.0540 e. The lowest BCUT2D eigenvalue weighted by atomic mass is 10.1. The number of hydrogen-bond acceptors (Lipinski definition) is 1. The minimum Gasteiger partial charge on any atom is -0.310 e. The molecule has 5 aromatic carbocycles. The molecule has 0 aliphatic heterocycles. The minimum absolute atomic E-state index is 1.14. The summed E-state index contributed by atoms with van der Waals surface area (Å²) in [4.78, 5) is 2.34. The van der Waals surface area contributed by atoms with Crippen molar-refractivity contribution in [2.24, 2.45) is 0 Å². The maximum atomic E-state index is 2.34. The summed E-state index contributed by atoms with van der Waals surface area (Å²) in [6, 6.07) is 43.0. The van der Waals surface area contributed by atoms with E-state index in [4.69, 9.17) is 0 Å². The number of anilines is 3. The molecule has 5 aromatic rings. The van der Waals surface area contributed by atoms with Crippen LogP contribution in [0.5, 0.6) is 0 Å². The Balaban J connectivity index is 1.56. The zero-order chi connectivity index (χ0) is 21.8. The quantitative estimate of drug-likeness (QED) is 0.261. The predicted octanol–water partition coefficient (Wildman–Crippen LogP) is 8.79. The van der Waals surface area contributed by atoms with E-state index in [1.165, 1.54) is 33.2 Å². The van der Waals surface area contributed by atoms with Crippen LogP contribution in [-0.2, 0) is 0 Å². The number of aryl methyl sites for hydroxylation is 1. The predicted molar refractivity (Wildman–Crippen MR) is 139 cm³/mol. The van der Waals surface area contributed by atoms with Crippen LogP contribution in [-0.4, -0.2) is 0 Å². The Hall–Kier alpha value is -4.10. The Morgan fingerprint density at radius 3 is 1.78 bits per heavy atom. The largest absolute Gasteiger partial charge is 0.310 e. The molecule has 0 saturated heterocycles. The van der Waals surface area contributed by atoms with E-state index >= 15 is 0 Å². The van der Waals surface area contributed by atoms with Crippen LogP contribution >= 0.6 is 0 Å². The monoisotopic (exact) mass is 411 g/mol. The summed E-state index contributed by atoms with van der Waals surface area (Å²) in [6.45, 7) is 2.12. The number of rotatable bonds is 5. The van der Waals surface area contributed by atoms with Gasteiger partial charge in [-0.3, -0.25) is 0 Å². The summed E-state index contributed by atoms with van der Waals surface area (Å²) in [7, 11) is 0. The van der Waals surface area contributed by atoms with Crippen LogP contribution < -0.4 is 4.90 Å². The first-order valence-corrected chi connectivity index (χ1v) is 11.0. The van der Waals surface area contributed by atoms with Crippen molar-refractivity contribution in [2.75, 3.05) is 4.90 Å². The Labute approximate surface area is 189 Å². The third kappa shape index (κ3) is 4.19. The molecule has 0 fully saturated rings. The molecule has 1 nitrogen and oxygen atoms in total. The molecule has 0 spiro atoms. The van der Waals surface area contributed by atoms with E-state index in [1.807, 2.05) is 6.07 Å². The van der Waals surface area contributed by atoms with Gasteiger partial charge in [0.2, 0.25) is 0 Å². The van der Waals surface area contributed by atoms with Crippen molar-refractivity contribution in [3.05, 3.63) is 138 Å². The van der Waals surface area contributed by atoms with Gasteiger partial charge in [-0.05, 0) is 53.8 Å². The van der Waals surface area contributed by atoms with Gasteiger partial charge in [-0.25, -0.2) is 0 Å². The molecule has 0 saturated carbocycles. The van der Waals surface area contributed by atoms with E-state index in [-0.39, 0.29) is 0 Å². The molecule has 0 atom stereocenters. The van der Waals surface area contributed by atoms with Gasteiger partial charge in [0.15, 0.2) is 0 Å². The van der Waals surface area contributed by atoms with Crippen molar-refractivity contribution in [3.8, 4) is 0 Å². The van der Waals surface area contributed by atoms with Crippen molar-refractivity contribution in [1.82, 2.24) is 0 Å². The molecule has 0 radical (unpaired) electrons. The Morgan fingerprint density at radius 2 is 1.06 bits per heavy atom. The second-order valence-electron chi connectivity index (χ2n) is 8.00. The normalized spacial score (nSPS) is 11.2. The molecular formula is C31H25N. The lowest BCUT2D eigenvalue weighted by Crippen LogP contribution is -2.10. The van der Waals surface area contributed by atoms with Crippen molar-refractivity contribution in [1.29, 1.82) is 0 Å². The van der Waals surface area contributed by atoms with Crippen molar-refractivity contribution >= 4 is 40.0 Å². The highest BCUT2D eigenvalue weighted by molar-refractivity contribution is 5.98. The third-order valence-corrected chi connectivity index (χ3v) is 5.72. The van der Waals surface area contributed by atoms with E-state index in [9.17, 15) is 0 Å². The Bertz CT molecular complexity index is 1340. The summed E-state index contributed by atoms with van der Waals surface area (Å²) in [6.07, 6.45) is 4.31. The van der Waals surface area contributed by atoms with Gasteiger partial charge in [0.1, 0.15) is 0 Å². The van der Waals surface area contributed by atoms with Gasteiger partial charge in [0.05, 0.1) is 5.69 Å². The summed E-state index contributed by atoms with van der Waals surface area (Å²) in [5.74, 6) is 0. The average molecular weight is 412 g/mol. The highest BCUT2D eigenvalue weighted by atomic mass is 15.1. The standard InChI is InChI=1S/C31H25N/c1-24-14-20-28(21-15-24)32(31-13-7-11-27-10-5-6-12-30(27)31)29-22-18-26(19-23-29)17-16-25-8-3-2-4-9-25/h2-23H,1H3. The summed E-state index contributed by atoms with van der Waals surface area (Å²) >= 11 is 0. The molecule has 0 aliphatic carbocycles. The van der Waals surface area contributed by atoms with Gasteiger partial charge in [0, 0.05) is 16.8 Å². The lowest BCUT2D eigenvalue weighted by molar-refractivity contribution is 1.29. The Kier molecular flexibility index (Phi) is 5.55. The van der Waals surface area contributed by atoms with Gasteiger partial charge in [-0.2, -0.15) is 0 Å². The first-order chi connectivity index (χ1) is 15.8. The van der Waals surface area contributed by atoms with E-state index in [0.717, 1.165) is 11.4 Å². The maximum absolute atomic E-state index is 2.34. The van der Waals surface area contributed by atoms with Gasteiger partial charge < -0.3 is 4.90 Å². The van der Waals surface area contributed by atoms with Gasteiger partial charge in [0.25, 0.3) is 0 Å². The first-order valence-electron chi connectivity index (χ1n) is 11.0. The Morgan fingerprint density at radius 1 is 0.500 bits per heavy atom. The minimum atomic E-state index is 1.14. The van der Waals surface area contributed by atoms with Crippen LogP contribution in [0.1, 0.15) is 16.7 Å². The number of nitrogens with zero attached hydrogens (tertiary/aromatic N) is 1. The first kappa shape index (κ1) is 19.8. The van der Waals surface area contributed by atoms with Gasteiger partial charge >= 0.3 is 0 Å². The highest BCUT2D eigenvalue weighted by Crippen LogP contribution is 2.38. The van der Waals surface area contributed by atoms with Crippen molar-refractivity contribution < 1.29 is 0 Å². The van der Waals surface area contributed by atoms with Gasteiger partial charge in [-0.1, -0.05) is 109 Å². The van der Waals surface area contributed by atoms with Crippen LogP contribution in [0.25, 0.3) is 22.9 Å². The molecular weight excluding hydrogens is 386 g/mol. The van der Waals surface area contributed by atoms with Crippen LogP contribution in [0.2, 0.25) is 0 Å². The fourth-order valence-electron chi connectivity index (χ4n) is 4.02. The topological polar surface area (TPSA) is 3.24 Å². The van der Waals surface area contributed by atoms with E-state index in [0.29, 0.717) is 0 Å². The van der Waals surface area contributed by atoms with E-state index in [2.05, 4.69) is 139 Å². The molecule has 0 N–H and O–H groups in total. The fraction of sp³-hybridized carbons (Fsp3) is 0.0323. The van der Waals surface area contributed by atoms with Crippen LogP contribution in [0.15, 0.2) is 121 Å². The summed E-state index contributed by atoms with van der Waals surface area (Å²) in [5, 5.41) is 2.48. The summed E-state index contributed by atoms with van der Waals surface area (Å²) in [5.41, 5.74) is 7.11. The second-order valence-corrected chi connectivity index (χ2v) is 8.00. The van der Waals surface area contributed by atoms with Crippen LogP contribution in [0.4, 0.5) is 17.1 Å². The van der Waals surface area contributed by atoms with Crippen molar-refractivity contribution in [3.63, 3.8) is 0 Å². The van der Waals surface area contributed by atoms with E-state index < -0.39 is 0 Å². The molecule has 32 heavy (non-hydrogen) atoms. The zero-order valence-corrected chi connectivity index (χ0v) is 18.1. The SMILES string of the molecule is Cc1ccc(N(c2ccc(C=Cc3ccccc3)cc2)c2cccc3ccccc23)cc1. The fourth-order valence-corrected chi connectivity index (χ4v) is 4.02. The highest BCUT2D eigenvalue weighted by Gasteiger charge is 2.14. The van der Waals surface area contributed by atoms with E-state index in [1.54, 1.807) is 0 Å². The summed E-state index contributed by atoms with van der Waals surface area (Å²) < 4.78 is 0. The molecule has 0 amide bonds. The number of hydrogen-bond donors (Lipinski definition) is 0. The number of fused-ring (bicyclic) bond motifs is 1. The smallest absolute Gasteiger partial charge is 0.0540 e. The van der Waals surface area contributed by atoms with Crippen LogP contribution in [0.3, 0.4) is 0 Å². The lowest BCUT2D eigenvalue weighted by Gasteiger charge is -2.27. The molecule has 5 rings (SSSR count). The average Bonchev–Trinajstić information content (AvgIpc) is 2.86. The van der Waals surface area contributed by atoms with Crippen LogP contribution in [0, 0.1) is 6.92 Å². The molecule has 0 unspecified atom stereocenters. The molecule has 0 aliphatic rings.